The van der Waals surface area contributed by atoms with Gasteiger partial charge in [0.05, 0.1) is 17.7 Å². The molecule has 1 heterocycles. The van der Waals surface area contributed by atoms with E-state index in [0.717, 1.165) is 5.75 Å². The lowest BCUT2D eigenvalue weighted by molar-refractivity contribution is 0.0736. The zero-order valence-electron chi connectivity index (χ0n) is 11.0. The van der Waals surface area contributed by atoms with Crippen LogP contribution in [0.2, 0.25) is 0 Å². The summed E-state index contributed by atoms with van der Waals surface area (Å²) in [6, 6.07) is 9.99. The quantitative estimate of drug-likeness (QED) is 0.783. The fraction of sp³-hybridized carbons (Fsp3) is 0.188. The first-order valence-corrected chi connectivity index (χ1v) is 7.61. The summed E-state index contributed by atoms with van der Waals surface area (Å²) in [5, 5.41) is 20.2. The molecule has 0 amide bonds. The number of phenols is 2. The summed E-state index contributed by atoms with van der Waals surface area (Å²) < 4.78 is 5.98. The predicted octanol–water partition coefficient (Wildman–Crippen LogP) is 2.61. The van der Waals surface area contributed by atoms with Crippen LogP contribution in [0.15, 0.2) is 36.4 Å². The van der Waals surface area contributed by atoms with Gasteiger partial charge in [-0.1, -0.05) is 24.3 Å². The molecule has 0 aromatic heterocycles. The second-order valence-electron chi connectivity index (χ2n) is 5.04. The predicted molar refractivity (Wildman–Crippen MR) is 78.8 cm³/mol. The van der Waals surface area contributed by atoms with Gasteiger partial charge in [-0.2, -0.15) is 0 Å². The van der Waals surface area contributed by atoms with Crippen LogP contribution in [0.5, 0.6) is 11.5 Å². The van der Waals surface area contributed by atoms with Crippen molar-refractivity contribution in [3.8, 4) is 11.5 Å². The van der Waals surface area contributed by atoms with E-state index in [1.807, 2.05) is 0 Å². The molecule has 5 heteroatoms. The summed E-state index contributed by atoms with van der Waals surface area (Å²) in [6.45, 7) is 0.559. The Morgan fingerprint density at radius 1 is 1.00 bits per heavy atom. The molecule has 4 nitrogen and oxygen atoms in total. The number of rotatable bonds is 0. The van der Waals surface area contributed by atoms with Crippen molar-refractivity contribution < 1.29 is 19.7 Å². The van der Waals surface area contributed by atoms with Crippen LogP contribution >= 0.6 is 11.8 Å². The van der Waals surface area contributed by atoms with Crippen LogP contribution in [0, 0.1) is 0 Å². The van der Waals surface area contributed by atoms with E-state index in [1.54, 1.807) is 36.0 Å². The second kappa shape index (κ2) is 4.26. The lowest BCUT2D eigenvalue weighted by atomic mass is 9.81. The van der Waals surface area contributed by atoms with Crippen molar-refractivity contribution in [2.24, 2.45) is 0 Å². The highest BCUT2D eigenvalue weighted by Gasteiger charge is 2.49. The molecule has 2 aromatic rings. The third kappa shape index (κ3) is 1.53. The van der Waals surface area contributed by atoms with Gasteiger partial charge in [0.1, 0.15) is 11.5 Å². The van der Waals surface area contributed by atoms with Gasteiger partial charge in [-0.15, -0.1) is 11.8 Å². The van der Waals surface area contributed by atoms with E-state index in [4.69, 9.17) is 4.74 Å². The number of ether oxygens (including phenoxy) is 1. The molecule has 2 aliphatic rings. The van der Waals surface area contributed by atoms with Crippen molar-refractivity contribution in [3.63, 3.8) is 0 Å². The number of carbonyl (C=O) groups excluding carboxylic acids is 1. The first-order valence-electron chi connectivity index (χ1n) is 6.62. The summed E-state index contributed by atoms with van der Waals surface area (Å²) in [5.41, 5.74) is 1.77. The summed E-state index contributed by atoms with van der Waals surface area (Å²) in [4.78, 5) is 11.9. The number of thioether (sulfide) groups is 1. The number of carbonyl (C=O) groups is 1. The zero-order chi connectivity index (χ0) is 14.6. The number of ketones is 1. The molecule has 0 saturated carbocycles. The third-order valence-electron chi connectivity index (χ3n) is 3.94. The molecule has 4 rings (SSSR count). The maximum absolute atomic E-state index is 12.7. The van der Waals surface area contributed by atoms with Crippen LogP contribution in [0.3, 0.4) is 0 Å². The minimum Gasteiger partial charge on any atom is -0.507 e. The monoisotopic (exact) mass is 300 g/mol. The molecule has 1 fully saturated rings. The van der Waals surface area contributed by atoms with Gasteiger partial charge in [0.15, 0.2) is 4.93 Å². The Bertz CT molecular complexity index is 705. The Morgan fingerprint density at radius 2 is 1.57 bits per heavy atom. The third-order valence-corrected chi connectivity index (χ3v) is 5.28. The minimum atomic E-state index is -0.823. The lowest BCUT2D eigenvalue weighted by Crippen LogP contribution is -2.33. The van der Waals surface area contributed by atoms with Crippen LogP contribution in [0.1, 0.15) is 27.0 Å². The molecule has 1 spiro atoms. The maximum atomic E-state index is 12.7. The van der Waals surface area contributed by atoms with Crippen LogP contribution in [0.25, 0.3) is 0 Å². The Labute approximate surface area is 125 Å². The van der Waals surface area contributed by atoms with Gasteiger partial charge in [-0.3, -0.25) is 4.79 Å². The van der Waals surface area contributed by atoms with Crippen molar-refractivity contribution in [2.75, 3.05) is 12.4 Å². The van der Waals surface area contributed by atoms with E-state index in [9.17, 15) is 15.0 Å². The summed E-state index contributed by atoms with van der Waals surface area (Å²) in [5.74, 6) is 0.264. The van der Waals surface area contributed by atoms with E-state index in [0.29, 0.717) is 17.7 Å². The first-order chi connectivity index (χ1) is 10.1. The number of hydrogen-bond donors (Lipinski definition) is 2. The van der Waals surface area contributed by atoms with Crippen LogP contribution in [-0.2, 0) is 9.67 Å². The van der Waals surface area contributed by atoms with Gasteiger partial charge in [0.2, 0.25) is 5.78 Å². The summed E-state index contributed by atoms with van der Waals surface area (Å²) in [6.07, 6.45) is 0. The molecular formula is C16H12O4S. The molecule has 0 unspecified atom stereocenters. The summed E-state index contributed by atoms with van der Waals surface area (Å²) >= 11 is 1.57. The molecule has 0 radical (unpaired) electrons. The number of benzene rings is 2. The Morgan fingerprint density at radius 3 is 2.05 bits per heavy atom. The summed E-state index contributed by atoms with van der Waals surface area (Å²) in [7, 11) is 0. The van der Waals surface area contributed by atoms with Crippen molar-refractivity contribution in [1.29, 1.82) is 0 Å². The molecule has 2 aromatic carbocycles. The van der Waals surface area contributed by atoms with Gasteiger partial charge in [-0.25, -0.2) is 0 Å². The Hall–Kier alpha value is -1.98. The highest BCUT2D eigenvalue weighted by atomic mass is 32.2. The average molecular weight is 300 g/mol. The molecule has 0 bridgehead atoms. The van der Waals surface area contributed by atoms with Crippen LogP contribution in [0.4, 0.5) is 0 Å². The van der Waals surface area contributed by atoms with Gasteiger partial charge in [0.25, 0.3) is 0 Å². The molecule has 106 valence electrons. The minimum absolute atomic E-state index is 0.0816. The molecular weight excluding hydrogens is 288 g/mol. The number of aromatic hydroxyl groups is 2. The van der Waals surface area contributed by atoms with E-state index >= 15 is 0 Å². The fourth-order valence-electron chi connectivity index (χ4n) is 3.10. The van der Waals surface area contributed by atoms with Crippen molar-refractivity contribution in [1.82, 2.24) is 0 Å². The maximum Gasteiger partial charge on any atom is 0.201 e. The van der Waals surface area contributed by atoms with Gasteiger partial charge >= 0.3 is 0 Å². The fourth-order valence-corrected chi connectivity index (χ4v) is 4.37. The van der Waals surface area contributed by atoms with Crippen molar-refractivity contribution in [3.05, 3.63) is 58.7 Å². The Kier molecular flexibility index (Phi) is 2.58. The molecule has 1 saturated heterocycles. The van der Waals surface area contributed by atoms with Gasteiger partial charge in [0, 0.05) is 16.9 Å². The first kappa shape index (κ1) is 12.7. The Balaban J connectivity index is 2.12. The van der Waals surface area contributed by atoms with E-state index in [-0.39, 0.29) is 28.4 Å². The molecule has 1 aliphatic carbocycles. The van der Waals surface area contributed by atoms with Crippen LogP contribution in [-0.4, -0.2) is 28.4 Å². The number of phenolic OH excluding ortho intramolecular Hbond substituents is 2. The van der Waals surface area contributed by atoms with E-state index in [2.05, 4.69) is 0 Å². The lowest BCUT2D eigenvalue weighted by Gasteiger charge is -2.35. The van der Waals surface area contributed by atoms with Crippen molar-refractivity contribution in [2.45, 2.75) is 4.93 Å². The smallest absolute Gasteiger partial charge is 0.201 e. The number of fused-ring (bicyclic) bond motifs is 4. The molecule has 0 atom stereocenters. The highest BCUT2D eigenvalue weighted by molar-refractivity contribution is 8.00. The van der Waals surface area contributed by atoms with E-state index < -0.39 is 4.93 Å². The molecule has 21 heavy (non-hydrogen) atoms. The van der Waals surface area contributed by atoms with Crippen LogP contribution < -0.4 is 0 Å². The average Bonchev–Trinajstić information content (AvgIpc) is 2.95. The number of hydrogen-bond acceptors (Lipinski definition) is 5. The topological polar surface area (TPSA) is 66.8 Å². The zero-order valence-corrected chi connectivity index (χ0v) is 11.8. The van der Waals surface area contributed by atoms with E-state index in [1.165, 1.54) is 12.1 Å². The molecule has 1 aliphatic heterocycles. The SMILES string of the molecule is O=C1c2c(O)cccc2C2(OCCS2)c2cccc(O)c21. The standard InChI is InChI=1S/C16H12O4S/c17-11-5-1-3-9-13(11)15(19)14-10(4-2-6-12(14)18)16(9)20-7-8-21-16/h1-6,17-18H,7-8H2. The van der Waals surface area contributed by atoms with Gasteiger partial charge < -0.3 is 14.9 Å². The van der Waals surface area contributed by atoms with Crippen molar-refractivity contribution >= 4 is 17.5 Å². The van der Waals surface area contributed by atoms with Gasteiger partial charge in [-0.05, 0) is 12.1 Å². The highest BCUT2D eigenvalue weighted by Crippen LogP contribution is 2.55. The normalized spacial score (nSPS) is 18.6. The largest absolute Gasteiger partial charge is 0.507 e. The second-order valence-corrected chi connectivity index (χ2v) is 6.31. The molecule has 2 N–H and O–H groups in total.